The van der Waals surface area contributed by atoms with Crippen LogP contribution in [0.1, 0.15) is 32.6 Å². The molecule has 0 spiro atoms. The zero-order valence-corrected chi connectivity index (χ0v) is 11.2. The van der Waals surface area contributed by atoms with E-state index in [0.29, 0.717) is 32.3 Å². The van der Waals surface area contributed by atoms with Gasteiger partial charge in [0.05, 0.1) is 6.10 Å². The minimum atomic E-state index is -5.80. The predicted molar refractivity (Wildman–Crippen MR) is 60.3 cm³/mol. The summed E-state index contributed by atoms with van der Waals surface area (Å²) < 4.78 is 64.6. The van der Waals surface area contributed by atoms with Crippen molar-refractivity contribution in [2.24, 2.45) is 0 Å². The normalized spacial score (nSPS) is 25.1. The molecule has 112 valence electrons. The Hall–Kier alpha value is -0.800. The third-order valence-corrected chi connectivity index (χ3v) is 3.67. The number of carbonyl (C=O) groups excluding carboxylic acids is 1. The first kappa shape index (κ1) is 16.3. The first-order valence-corrected chi connectivity index (χ1v) is 7.30. The third kappa shape index (κ3) is 4.08. The van der Waals surface area contributed by atoms with Crippen molar-refractivity contribution in [1.82, 2.24) is 0 Å². The molecule has 0 heterocycles. The summed E-state index contributed by atoms with van der Waals surface area (Å²) in [5.74, 6) is -2.24. The minimum absolute atomic E-state index is 0.00189. The molecule has 9 heteroatoms. The number of esters is 1. The average molecular weight is 302 g/mol. The number of hydrogen-bond acceptors (Lipinski definition) is 5. The van der Waals surface area contributed by atoms with Crippen molar-refractivity contribution in [2.75, 3.05) is 6.61 Å². The van der Waals surface area contributed by atoms with Gasteiger partial charge in [0.1, 0.15) is 6.10 Å². The van der Waals surface area contributed by atoms with E-state index in [-0.39, 0.29) is 6.10 Å². The minimum Gasteiger partial charge on any atom is -0.457 e. The fourth-order valence-corrected chi connectivity index (χ4v) is 2.14. The molecule has 19 heavy (non-hydrogen) atoms. The van der Waals surface area contributed by atoms with Gasteiger partial charge in [-0.1, -0.05) is 0 Å². The van der Waals surface area contributed by atoms with Crippen LogP contribution < -0.4 is 0 Å². The van der Waals surface area contributed by atoms with Crippen LogP contribution in [-0.4, -0.2) is 43.0 Å². The SMILES string of the molecule is CCOC1CCC(OC(=O)C(F)(F)S(=O)(=O)O)CC1. The highest BCUT2D eigenvalue weighted by atomic mass is 32.2. The molecule has 0 radical (unpaired) electrons. The van der Waals surface area contributed by atoms with Gasteiger partial charge in [-0.25, -0.2) is 4.79 Å². The molecule has 0 atom stereocenters. The van der Waals surface area contributed by atoms with Gasteiger partial charge in [-0.05, 0) is 32.6 Å². The summed E-state index contributed by atoms with van der Waals surface area (Å²) in [4.78, 5) is 11.0. The van der Waals surface area contributed by atoms with Crippen LogP contribution in [0.25, 0.3) is 0 Å². The van der Waals surface area contributed by atoms with Crippen molar-refractivity contribution < 1.29 is 36.0 Å². The molecular weight excluding hydrogens is 286 g/mol. The molecule has 0 amide bonds. The van der Waals surface area contributed by atoms with Crippen LogP contribution in [-0.2, 0) is 24.4 Å². The van der Waals surface area contributed by atoms with Crippen LogP contribution >= 0.6 is 0 Å². The lowest BCUT2D eigenvalue weighted by Crippen LogP contribution is -2.41. The first-order valence-electron chi connectivity index (χ1n) is 5.86. The Morgan fingerprint density at radius 2 is 1.74 bits per heavy atom. The Bertz CT molecular complexity index is 414. The van der Waals surface area contributed by atoms with Gasteiger partial charge < -0.3 is 9.47 Å². The number of rotatable bonds is 5. The van der Waals surface area contributed by atoms with Crippen molar-refractivity contribution in [1.29, 1.82) is 0 Å². The van der Waals surface area contributed by atoms with E-state index in [1.165, 1.54) is 0 Å². The molecule has 1 rings (SSSR count). The van der Waals surface area contributed by atoms with Gasteiger partial charge in [0.15, 0.2) is 0 Å². The topological polar surface area (TPSA) is 89.9 Å². The first-order chi connectivity index (χ1) is 8.68. The summed E-state index contributed by atoms with van der Waals surface area (Å²) >= 11 is 0. The molecule has 1 fully saturated rings. The zero-order valence-electron chi connectivity index (χ0n) is 10.3. The van der Waals surface area contributed by atoms with E-state index in [2.05, 4.69) is 4.74 Å². The van der Waals surface area contributed by atoms with Gasteiger partial charge in [-0.3, -0.25) is 4.55 Å². The van der Waals surface area contributed by atoms with Crippen molar-refractivity contribution in [3.05, 3.63) is 0 Å². The summed E-state index contributed by atoms with van der Waals surface area (Å²) in [6, 6.07) is 0. The smallest absolute Gasteiger partial charge is 0.457 e. The third-order valence-electron chi connectivity index (χ3n) is 2.86. The Balaban J connectivity index is 2.52. The highest BCUT2D eigenvalue weighted by Crippen LogP contribution is 2.28. The van der Waals surface area contributed by atoms with Gasteiger partial charge in [-0.2, -0.15) is 17.2 Å². The summed E-state index contributed by atoms with van der Waals surface area (Å²) in [6.07, 6.45) is 0.946. The highest BCUT2D eigenvalue weighted by molar-refractivity contribution is 7.87. The maximum absolute atomic E-state index is 12.9. The Labute approximate surface area is 109 Å². The molecule has 0 unspecified atom stereocenters. The maximum Gasteiger partial charge on any atom is 0.465 e. The van der Waals surface area contributed by atoms with E-state index < -0.39 is 27.4 Å². The largest absolute Gasteiger partial charge is 0.465 e. The molecule has 0 saturated heterocycles. The number of ether oxygens (including phenoxy) is 2. The summed E-state index contributed by atoms with van der Waals surface area (Å²) in [6.45, 7) is 2.37. The van der Waals surface area contributed by atoms with Gasteiger partial charge in [0, 0.05) is 6.61 Å². The second-order valence-corrected chi connectivity index (χ2v) is 5.71. The summed E-state index contributed by atoms with van der Waals surface area (Å²) in [5, 5.41) is -4.93. The molecule has 0 aromatic carbocycles. The molecule has 1 saturated carbocycles. The fourth-order valence-electron chi connectivity index (χ4n) is 1.88. The summed E-state index contributed by atoms with van der Waals surface area (Å²) in [7, 11) is -5.80. The number of hydrogen-bond donors (Lipinski definition) is 1. The fraction of sp³-hybridized carbons (Fsp3) is 0.900. The Kier molecular flexibility index (Phi) is 5.22. The van der Waals surface area contributed by atoms with E-state index in [1.807, 2.05) is 6.92 Å². The molecule has 1 aliphatic rings. The van der Waals surface area contributed by atoms with Gasteiger partial charge in [0.2, 0.25) is 0 Å². The van der Waals surface area contributed by atoms with Crippen LogP contribution in [0.4, 0.5) is 8.78 Å². The van der Waals surface area contributed by atoms with E-state index in [0.717, 1.165) is 0 Å². The predicted octanol–water partition coefficient (Wildman–Crippen LogP) is 1.36. The Morgan fingerprint density at radius 1 is 1.26 bits per heavy atom. The van der Waals surface area contributed by atoms with Crippen LogP contribution in [0.2, 0.25) is 0 Å². The highest BCUT2D eigenvalue weighted by Gasteiger charge is 2.54. The van der Waals surface area contributed by atoms with Crippen molar-refractivity contribution >= 4 is 16.1 Å². The van der Waals surface area contributed by atoms with Crippen molar-refractivity contribution in [3.8, 4) is 0 Å². The van der Waals surface area contributed by atoms with Crippen molar-refractivity contribution in [2.45, 2.75) is 50.1 Å². The maximum atomic E-state index is 12.9. The monoisotopic (exact) mass is 302 g/mol. The van der Waals surface area contributed by atoms with Crippen LogP contribution in [0.15, 0.2) is 0 Å². The number of carbonyl (C=O) groups is 1. The van der Waals surface area contributed by atoms with E-state index >= 15 is 0 Å². The van der Waals surface area contributed by atoms with Gasteiger partial charge in [0.25, 0.3) is 0 Å². The average Bonchev–Trinajstić information content (AvgIpc) is 2.30. The Morgan fingerprint density at radius 3 is 2.16 bits per heavy atom. The molecule has 0 aliphatic heterocycles. The lowest BCUT2D eigenvalue weighted by Gasteiger charge is -2.28. The standard InChI is InChI=1S/C10H16F2O6S/c1-2-17-7-3-5-8(6-4-7)18-9(13)10(11,12)19(14,15)16/h7-8H,2-6H2,1H3,(H,14,15,16). The van der Waals surface area contributed by atoms with Crippen LogP contribution in [0, 0.1) is 0 Å². The van der Waals surface area contributed by atoms with E-state index in [4.69, 9.17) is 9.29 Å². The van der Waals surface area contributed by atoms with Gasteiger partial charge in [-0.15, -0.1) is 0 Å². The van der Waals surface area contributed by atoms with Crippen molar-refractivity contribution in [3.63, 3.8) is 0 Å². The molecule has 0 aromatic heterocycles. The second-order valence-electron chi connectivity index (χ2n) is 4.25. The molecule has 1 aliphatic carbocycles. The zero-order chi connectivity index (χ0) is 14.7. The molecule has 6 nitrogen and oxygen atoms in total. The van der Waals surface area contributed by atoms with Gasteiger partial charge >= 0.3 is 21.3 Å². The quantitative estimate of drug-likeness (QED) is 0.609. The van der Waals surface area contributed by atoms with Crippen LogP contribution in [0.5, 0.6) is 0 Å². The summed E-state index contributed by atoms with van der Waals surface area (Å²) in [5.41, 5.74) is 0. The second kappa shape index (κ2) is 6.10. The lowest BCUT2D eigenvalue weighted by atomic mass is 9.95. The molecule has 1 N–H and O–H groups in total. The number of alkyl halides is 2. The molecular formula is C10H16F2O6S. The molecule has 0 bridgehead atoms. The van der Waals surface area contributed by atoms with E-state index in [9.17, 15) is 22.0 Å². The van der Waals surface area contributed by atoms with Crippen LogP contribution in [0.3, 0.4) is 0 Å². The molecule has 0 aromatic rings. The number of halogens is 2. The lowest BCUT2D eigenvalue weighted by molar-refractivity contribution is -0.169. The van der Waals surface area contributed by atoms with E-state index in [1.54, 1.807) is 0 Å².